The average molecular weight is 469 g/mol. The van der Waals surface area contributed by atoms with Gasteiger partial charge in [-0.25, -0.2) is 0 Å². The van der Waals surface area contributed by atoms with E-state index in [4.69, 9.17) is 31.3 Å². The zero-order chi connectivity index (χ0) is 26.3. The van der Waals surface area contributed by atoms with Crippen LogP contribution in [0.2, 0.25) is 5.02 Å². The third kappa shape index (κ3) is 5.61. The summed E-state index contributed by atoms with van der Waals surface area (Å²) in [5.74, 6) is 0.133. The molecule has 2 fully saturated rings. The van der Waals surface area contributed by atoms with Gasteiger partial charge in [-0.2, -0.15) is 0 Å². The average Bonchev–Trinajstić information content (AvgIpc) is 3.64. The van der Waals surface area contributed by atoms with Crippen LogP contribution in [0.3, 0.4) is 0 Å². The van der Waals surface area contributed by atoms with Gasteiger partial charge in [-0.3, -0.25) is 0 Å². The first-order valence-electron chi connectivity index (χ1n) is 12.5. The first kappa shape index (κ1) is 18.7. The summed E-state index contributed by atoms with van der Waals surface area (Å²) >= 11 is 6.38. The molecule has 2 aliphatic rings. The van der Waals surface area contributed by atoms with Crippen LogP contribution >= 0.6 is 11.6 Å². The molecular formula is C24H29ClO7. The van der Waals surface area contributed by atoms with Gasteiger partial charge >= 0.3 is 0 Å². The molecule has 4 rings (SSSR count). The van der Waals surface area contributed by atoms with Gasteiger partial charge in [-0.1, -0.05) is 35.9 Å². The lowest BCUT2D eigenvalue weighted by Gasteiger charge is -2.40. The zero-order valence-corrected chi connectivity index (χ0v) is 18.0. The summed E-state index contributed by atoms with van der Waals surface area (Å²) in [4.78, 5) is 0. The number of halogens is 1. The van der Waals surface area contributed by atoms with Crippen molar-refractivity contribution in [3.8, 4) is 5.75 Å². The maximum absolute atomic E-state index is 10.4. The monoisotopic (exact) mass is 468 g/mol. The van der Waals surface area contributed by atoms with Crippen LogP contribution in [-0.4, -0.2) is 70.7 Å². The van der Waals surface area contributed by atoms with Crippen molar-refractivity contribution < 1.29 is 40.1 Å². The van der Waals surface area contributed by atoms with E-state index in [9.17, 15) is 20.4 Å². The van der Waals surface area contributed by atoms with Crippen molar-refractivity contribution in [3.63, 3.8) is 0 Å². The Morgan fingerprint density at radius 3 is 2.44 bits per heavy atom. The molecule has 1 aliphatic carbocycles. The van der Waals surface area contributed by atoms with E-state index in [1.54, 1.807) is 30.3 Å². The van der Waals surface area contributed by atoms with Gasteiger partial charge in [0.15, 0.2) is 0 Å². The number of rotatable bonds is 9. The molecule has 0 spiro atoms. The number of ether oxygens (including phenoxy) is 3. The van der Waals surface area contributed by atoms with E-state index in [2.05, 4.69) is 0 Å². The first-order valence-corrected chi connectivity index (χ1v) is 10.8. The molecule has 8 heteroatoms. The lowest BCUT2D eigenvalue weighted by Crippen LogP contribution is -2.55. The van der Waals surface area contributed by atoms with Crippen molar-refractivity contribution >= 4 is 11.6 Å². The van der Waals surface area contributed by atoms with Crippen molar-refractivity contribution in [1.82, 2.24) is 0 Å². The van der Waals surface area contributed by atoms with E-state index in [-0.39, 0.29) is 11.9 Å². The van der Waals surface area contributed by atoms with Gasteiger partial charge in [0.05, 0.1) is 24.8 Å². The van der Waals surface area contributed by atoms with Crippen LogP contribution in [0.15, 0.2) is 42.5 Å². The molecule has 1 saturated heterocycles. The molecule has 0 radical (unpaired) electrons. The molecule has 2 aromatic carbocycles. The van der Waals surface area contributed by atoms with Crippen molar-refractivity contribution in [2.24, 2.45) is 0 Å². The lowest BCUT2D eigenvalue weighted by atomic mass is 9.90. The van der Waals surface area contributed by atoms with E-state index in [1.807, 2.05) is 0 Å². The van der Waals surface area contributed by atoms with Crippen molar-refractivity contribution in [2.75, 3.05) is 19.7 Å². The molecule has 174 valence electrons. The van der Waals surface area contributed by atoms with Crippen LogP contribution < -0.4 is 4.74 Å². The molecule has 1 aliphatic heterocycles. The number of benzene rings is 2. The minimum Gasteiger partial charge on any atom is -0.491 e. The normalized spacial score (nSPS) is 30.7. The molecule has 5 atom stereocenters. The third-order valence-corrected chi connectivity index (χ3v) is 5.94. The minimum atomic E-state index is -2.69. The SMILES string of the molecule is [2H]C([2H])(Oc1ccc(Cc2cc([C@@H]3O[C@H](CO)[C@@H](O)[C@H](O)[C@H]3O)ccc2Cl)cc1)C([2H])([2H])OC1CC1. The minimum absolute atomic E-state index is 0.133. The second-order valence-corrected chi connectivity index (χ2v) is 8.45. The predicted octanol–water partition coefficient (Wildman–Crippen LogP) is 2.00. The Labute approximate surface area is 197 Å². The Hall–Kier alpha value is -1.71. The van der Waals surface area contributed by atoms with Crippen LogP contribution in [0.1, 0.15) is 41.1 Å². The highest BCUT2D eigenvalue weighted by atomic mass is 35.5. The van der Waals surface area contributed by atoms with Crippen LogP contribution in [0.5, 0.6) is 5.75 Å². The Kier molecular flexibility index (Phi) is 6.12. The van der Waals surface area contributed by atoms with E-state index in [0.29, 0.717) is 35.4 Å². The molecule has 1 saturated carbocycles. The number of aliphatic hydroxyl groups excluding tert-OH is 4. The maximum Gasteiger partial charge on any atom is 0.119 e. The fourth-order valence-electron chi connectivity index (χ4n) is 3.55. The Bertz CT molecular complexity index is 1050. The summed E-state index contributed by atoms with van der Waals surface area (Å²) in [6, 6.07) is 11.4. The Morgan fingerprint density at radius 1 is 1.00 bits per heavy atom. The first-order chi connectivity index (χ1) is 16.9. The molecule has 4 N–H and O–H groups in total. The van der Waals surface area contributed by atoms with Crippen molar-refractivity contribution in [1.29, 1.82) is 0 Å². The van der Waals surface area contributed by atoms with Gasteiger partial charge in [-0.05, 0) is 54.2 Å². The van der Waals surface area contributed by atoms with E-state index in [0.717, 1.165) is 5.56 Å². The Balaban J connectivity index is 1.46. The molecule has 0 aromatic heterocycles. The van der Waals surface area contributed by atoms with Gasteiger partial charge in [0.2, 0.25) is 0 Å². The van der Waals surface area contributed by atoms with Crippen molar-refractivity contribution in [3.05, 3.63) is 64.2 Å². The topological polar surface area (TPSA) is 109 Å². The van der Waals surface area contributed by atoms with Gasteiger partial charge in [0, 0.05) is 5.02 Å². The molecule has 0 unspecified atom stereocenters. The number of hydrogen-bond donors (Lipinski definition) is 4. The molecular weight excluding hydrogens is 436 g/mol. The number of hydrogen-bond acceptors (Lipinski definition) is 7. The predicted molar refractivity (Wildman–Crippen MR) is 118 cm³/mol. The van der Waals surface area contributed by atoms with Gasteiger partial charge in [0.25, 0.3) is 0 Å². The molecule has 7 nitrogen and oxygen atoms in total. The quantitative estimate of drug-likeness (QED) is 0.445. The highest BCUT2D eigenvalue weighted by Crippen LogP contribution is 2.34. The zero-order valence-electron chi connectivity index (χ0n) is 21.2. The van der Waals surface area contributed by atoms with Crippen molar-refractivity contribution in [2.45, 2.75) is 55.9 Å². The third-order valence-electron chi connectivity index (χ3n) is 5.57. The molecule has 1 heterocycles. The molecule has 0 amide bonds. The van der Waals surface area contributed by atoms with E-state index >= 15 is 0 Å². The van der Waals surface area contributed by atoms with Crippen LogP contribution in [0, 0.1) is 0 Å². The second kappa shape index (κ2) is 10.5. The summed E-state index contributed by atoms with van der Waals surface area (Å²) in [6.45, 7) is -5.83. The van der Waals surface area contributed by atoms with Crippen LogP contribution in [-0.2, 0) is 15.9 Å². The molecule has 2 aromatic rings. The summed E-state index contributed by atoms with van der Waals surface area (Å²) in [5.41, 5.74) is 2.00. The van der Waals surface area contributed by atoms with Crippen LogP contribution in [0.4, 0.5) is 0 Å². The molecule has 32 heavy (non-hydrogen) atoms. The van der Waals surface area contributed by atoms with Gasteiger partial charge in [-0.15, -0.1) is 0 Å². The highest BCUT2D eigenvalue weighted by Gasteiger charge is 2.44. The summed E-state index contributed by atoms with van der Waals surface area (Å²) in [5, 5.41) is 40.4. The van der Waals surface area contributed by atoms with Gasteiger partial charge < -0.3 is 34.6 Å². The summed E-state index contributed by atoms with van der Waals surface area (Å²) in [7, 11) is 0. The highest BCUT2D eigenvalue weighted by molar-refractivity contribution is 6.31. The summed E-state index contributed by atoms with van der Waals surface area (Å²) < 4.78 is 47.8. The van der Waals surface area contributed by atoms with Gasteiger partial charge in [0.1, 0.15) is 42.8 Å². The van der Waals surface area contributed by atoms with Crippen LogP contribution in [0.25, 0.3) is 0 Å². The fraction of sp³-hybridized carbons (Fsp3) is 0.500. The largest absolute Gasteiger partial charge is 0.491 e. The smallest absolute Gasteiger partial charge is 0.119 e. The molecule has 0 bridgehead atoms. The van der Waals surface area contributed by atoms with E-state index < -0.39 is 50.2 Å². The fourth-order valence-corrected chi connectivity index (χ4v) is 3.74. The Morgan fingerprint density at radius 2 is 1.75 bits per heavy atom. The maximum atomic E-state index is 10.4. The second-order valence-electron chi connectivity index (χ2n) is 8.04. The number of aliphatic hydroxyl groups is 4. The summed E-state index contributed by atoms with van der Waals surface area (Å²) in [6.07, 6.45) is -4.88. The van der Waals surface area contributed by atoms with E-state index in [1.165, 1.54) is 12.1 Å². The standard InChI is InChI=1S/C24H29ClO7/c25-19-8-3-15(24-23(29)22(28)21(27)20(13-26)32-24)12-16(19)11-14-1-4-17(5-2-14)30-9-10-31-18-6-7-18/h1-5,8,12,18,20-24,26-29H,6-7,9-11,13H2/t20-,21-,22+,23-,24+/m1/s1/i9D2,10D2. The lowest BCUT2D eigenvalue weighted by molar-refractivity contribution is -0.231.